The average Bonchev–Trinajstić information content (AvgIpc) is 3.66. The summed E-state index contributed by atoms with van der Waals surface area (Å²) >= 11 is 0. The first-order chi connectivity index (χ1) is 18.2. The number of amides is 3. The Morgan fingerprint density at radius 3 is 2.10 bits per heavy atom. The van der Waals surface area contributed by atoms with Crippen molar-refractivity contribution in [1.82, 2.24) is 15.5 Å². The van der Waals surface area contributed by atoms with Crippen LogP contribution in [0.15, 0.2) is 48.5 Å². The number of phenolic OH excluding ortho intramolecular Hbond substituents is 1. The van der Waals surface area contributed by atoms with E-state index in [1.807, 2.05) is 20.8 Å². The molecule has 2 aromatic rings. The third-order valence-electron chi connectivity index (χ3n) is 5.98. The summed E-state index contributed by atoms with van der Waals surface area (Å²) in [4.78, 5) is 42.4. The maximum Gasteiger partial charge on any atom is 0.408 e. The van der Waals surface area contributed by atoms with Gasteiger partial charge in [0.05, 0.1) is 0 Å². The predicted octanol–water partition coefficient (Wildman–Crippen LogP) is 4.46. The van der Waals surface area contributed by atoms with Gasteiger partial charge in [-0.15, -0.1) is 6.42 Å². The first kappa shape index (κ1) is 29.6. The van der Waals surface area contributed by atoms with Crippen LogP contribution in [-0.2, 0) is 20.7 Å². The smallest absolute Gasteiger partial charge is 0.408 e. The van der Waals surface area contributed by atoms with Crippen molar-refractivity contribution in [1.29, 1.82) is 0 Å². The molecule has 1 aliphatic rings. The molecule has 2 aromatic carbocycles. The van der Waals surface area contributed by atoms with Crippen molar-refractivity contribution < 1.29 is 24.2 Å². The Morgan fingerprint density at radius 1 is 1.03 bits per heavy atom. The molecule has 8 nitrogen and oxygen atoms in total. The summed E-state index contributed by atoms with van der Waals surface area (Å²) in [5.74, 6) is 1.95. The summed E-state index contributed by atoms with van der Waals surface area (Å²) in [5.41, 5.74) is 0.714. The van der Waals surface area contributed by atoms with Crippen molar-refractivity contribution in [2.45, 2.75) is 90.1 Å². The summed E-state index contributed by atoms with van der Waals surface area (Å²) in [6.45, 7) is 10.9. The third-order valence-corrected chi connectivity index (χ3v) is 5.98. The van der Waals surface area contributed by atoms with Crippen molar-refractivity contribution in [3.05, 3.63) is 65.2 Å². The van der Waals surface area contributed by atoms with Gasteiger partial charge in [0.1, 0.15) is 23.4 Å². The lowest BCUT2D eigenvalue weighted by Gasteiger charge is -2.36. The maximum atomic E-state index is 14.3. The molecule has 3 rings (SSSR count). The highest BCUT2D eigenvalue weighted by atomic mass is 16.6. The zero-order valence-corrected chi connectivity index (χ0v) is 23.6. The lowest BCUT2D eigenvalue weighted by atomic mass is 9.98. The van der Waals surface area contributed by atoms with Crippen molar-refractivity contribution >= 4 is 17.9 Å². The predicted molar refractivity (Wildman–Crippen MR) is 150 cm³/mol. The molecule has 2 atom stereocenters. The molecule has 1 aliphatic carbocycles. The molecule has 1 saturated carbocycles. The van der Waals surface area contributed by atoms with Gasteiger partial charge in [0.2, 0.25) is 11.8 Å². The van der Waals surface area contributed by atoms with Crippen LogP contribution in [0.5, 0.6) is 5.75 Å². The van der Waals surface area contributed by atoms with E-state index in [1.54, 1.807) is 62.1 Å². The largest absolute Gasteiger partial charge is 0.508 e. The van der Waals surface area contributed by atoms with E-state index in [0.29, 0.717) is 11.1 Å². The summed E-state index contributed by atoms with van der Waals surface area (Å²) in [6.07, 6.45) is 6.43. The SMILES string of the molecule is C#Cc1ccc(C(C(=O)NC(C)(C)C)N(C(=O)C(Cc2ccc(O)cc2)NC(=O)OC(C)(C)C)C2CC2)cc1. The maximum absolute atomic E-state index is 14.3. The summed E-state index contributed by atoms with van der Waals surface area (Å²) < 4.78 is 5.46. The number of benzene rings is 2. The molecular formula is C31H39N3O5. The van der Waals surface area contributed by atoms with Gasteiger partial charge in [-0.1, -0.05) is 30.2 Å². The minimum atomic E-state index is -1.01. The second-order valence-corrected chi connectivity index (χ2v) is 12.0. The van der Waals surface area contributed by atoms with Crippen molar-refractivity contribution in [2.75, 3.05) is 0 Å². The molecule has 208 valence electrons. The number of ether oxygens (including phenoxy) is 1. The fourth-order valence-electron chi connectivity index (χ4n) is 4.21. The molecule has 0 bridgehead atoms. The number of nitrogens with zero attached hydrogens (tertiary/aromatic N) is 1. The number of carbonyl (C=O) groups excluding carboxylic acids is 3. The average molecular weight is 534 g/mol. The quantitative estimate of drug-likeness (QED) is 0.435. The number of hydrogen-bond donors (Lipinski definition) is 3. The highest BCUT2D eigenvalue weighted by molar-refractivity contribution is 5.93. The Bertz CT molecular complexity index is 1210. The molecule has 0 aliphatic heterocycles. The Labute approximate surface area is 231 Å². The van der Waals surface area contributed by atoms with E-state index < -0.39 is 35.2 Å². The van der Waals surface area contributed by atoms with Crippen LogP contribution < -0.4 is 10.6 Å². The van der Waals surface area contributed by atoms with Gasteiger partial charge in [0.25, 0.3) is 0 Å². The van der Waals surface area contributed by atoms with Gasteiger partial charge >= 0.3 is 6.09 Å². The number of hydrogen-bond acceptors (Lipinski definition) is 5. The minimum Gasteiger partial charge on any atom is -0.508 e. The van der Waals surface area contributed by atoms with Crippen LogP contribution >= 0.6 is 0 Å². The van der Waals surface area contributed by atoms with Gasteiger partial charge in [0.15, 0.2) is 0 Å². The monoisotopic (exact) mass is 533 g/mol. The van der Waals surface area contributed by atoms with E-state index >= 15 is 0 Å². The number of alkyl carbamates (subject to hydrolysis) is 1. The van der Waals surface area contributed by atoms with Crippen LogP contribution in [0.25, 0.3) is 0 Å². The van der Waals surface area contributed by atoms with E-state index in [9.17, 15) is 19.5 Å². The lowest BCUT2D eigenvalue weighted by molar-refractivity contribution is -0.143. The number of carbonyl (C=O) groups is 3. The van der Waals surface area contributed by atoms with Gasteiger partial charge in [-0.2, -0.15) is 0 Å². The standard InChI is InChI=1S/C31H39N3O5/c1-8-20-9-13-22(14-10-20)26(27(36)33-30(2,3)4)34(23-15-16-23)28(37)25(32-29(38)39-31(5,6)7)19-21-11-17-24(35)18-12-21/h1,9-14,17-18,23,25-26,35H,15-16,19H2,2-7H3,(H,32,38)(H,33,36). The summed E-state index contributed by atoms with van der Waals surface area (Å²) in [6, 6.07) is 11.3. The molecule has 0 saturated heterocycles. The Morgan fingerprint density at radius 2 is 1.62 bits per heavy atom. The number of terminal acetylenes is 1. The molecule has 0 radical (unpaired) electrons. The van der Waals surface area contributed by atoms with Crippen molar-refractivity contribution in [3.63, 3.8) is 0 Å². The molecule has 2 unspecified atom stereocenters. The number of nitrogens with one attached hydrogen (secondary N) is 2. The zero-order valence-electron chi connectivity index (χ0n) is 23.6. The second kappa shape index (κ2) is 11.8. The van der Waals surface area contributed by atoms with Crippen molar-refractivity contribution in [2.24, 2.45) is 0 Å². The van der Waals surface area contributed by atoms with Crippen LogP contribution in [0, 0.1) is 12.3 Å². The fraction of sp³-hybridized carbons (Fsp3) is 0.452. The molecule has 0 spiro atoms. The van der Waals surface area contributed by atoms with Crippen LogP contribution in [0.3, 0.4) is 0 Å². The summed E-state index contributed by atoms with van der Waals surface area (Å²) in [5, 5.41) is 15.5. The summed E-state index contributed by atoms with van der Waals surface area (Å²) in [7, 11) is 0. The highest BCUT2D eigenvalue weighted by Crippen LogP contribution is 2.36. The van der Waals surface area contributed by atoms with Gasteiger partial charge in [-0.25, -0.2) is 4.79 Å². The molecular weight excluding hydrogens is 494 g/mol. The second-order valence-electron chi connectivity index (χ2n) is 12.0. The molecule has 3 N–H and O–H groups in total. The number of rotatable bonds is 8. The fourth-order valence-corrected chi connectivity index (χ4v) is 4.21. The number of phenols is 1. The molecule has 0 aromatic heterocycles. The molecule has 0 heterocycles. The first-order valence-corrected chi connectivity index (χ1v) is 13.1. The molecule has 1 fully saturated rings. The van der Waals surface area contributed by atoms with E-state index in [2.05, 4.69) is 16.6 Å². The third kappa shape index (κ3) is 8.78. The minimum absolute atomic E-state index is 0.0932. The van der Waals surface area contributed by atoms with Gasteiger partial charge in [-0.3, -0.25) is 9.59 Å². The van der Waals surface area contributed by atoms with E-state index in [1.165, 1.54) is 12.1 Å². The molecule has 8 heteroatoms. The van der Waals surface area contributed by atoms with Gasteiger partial charge in [-0.05, 0) is 89.8 Å². The molecule has 39 heavy (non-hydrogen) atoms. The van der Waals surface area contributed by atoms with Crippen molar-refractivity contribution in [3.8, 4) is 18.1 Å². The Kier molecular flexibility index (Phi) is 8.96. The Hall–Kier alpha value is -3.99. The van der Waals surface area contributed by atoms with E-state index in [-0.39, 0.29) is 24.1 Å². The van der Waals surface area contributed by atoms with Gasteiger partial charge < -0.3 is 25.4 Å². The lowest BCUT2D eigenvalue weighted by Crippen LogP contribution is -2.55. The Balaban J connectivity index is 2.03. The van der Waals surface area contributed by atoms with Crippen LogP contribution in [0.4, 0.5) is 4.79 Å². The first-order valence-electron chi connectivity index (χ1n) is 13.1. The van der Waals surface area contributed by atoms with E-state index in [0.717, 1.165) is 18.4 Å². The zero-order chi connectivity index (χ0) is 29.0. The van der Waals surface area contributed by atoms with Gasteiger partial charge in [0, 0.05) is 23.6 Å². The topological polar surface area (TPSA) is 108 Å². The number of aromatic hydroxyl groups is 1. The van der Waals surface area contributed by atoms with E-state index in [4.69, 9.17) is 11.2 Å². The normalized spacial score (nSPS) is 14.9. The molecule has 3 amide bonds. The van der Waals surface area contributed by atoms with Crippen LogP contribution in [0.1, 0.15) is 77.1 Å². The van der Waals surface area contributed by atoms with Crippen LogP contribution in [-0.4, -0.2) is 51.1 Å². The van der Waals surface area contributed by atoms with Crippen LogP contribution in [0.2, 0.25) is 0 Å². The highest BCUT2D eigenvalue weighted by Gasteiger charge is 2.44.